The largest absolute Gasteiger partial charge is 0.351 e. The Kier molecular flexibility index (Phi) is 5.07. The van der Waals surface area contributed by atoms with Crippen molar-refractivity contribution >= 4 is 41.1 Å². The molecule has 0 unspecified atom stereocenters. The van der Waals surface area contributed by atoms with E-state index in [1.807, 2.05) is 12.3 Å². The first kappa shape index (κ1) is 18.0. The van der Waals surface area contributed by atoms with Gasteiger partial charge >= 0.3 is 0 Å². The maximum absolute atomic E-state index is 4.99. The number of aliphatic imine (C=N–C) groups is 1. The van der Waals surface area contributed by atoms with E-state index in [2.05, 4.69) is 37.7 Å². The van der Waals surface area contributed by atoms with Gasteiger partial charge in [-0.15, -0.1) is 24.0 Å². The Balaban J connectivity index is 0.00000168. The van der Waals surface area contributed by atoms with E-state index in [1.54, 1.807) is 0 Å². The third kappa shape index (κ3) is 3.08. The minimum absolute atomic E-state index is 0. The minimum atomic E-state index is 0. The van der Waals surface area contributed by atoms with Crippen LogP contribution in [0.1, 0.15) is 50.4 Å². The van der Waals surface area contributed by atoms with Gasteiger partial charge in [-0.1, -0.05) is 12.8 Å². The van der Waals surface area contributed by atoms with Gasteiger partial charge in [0.2, 0.25) is 0 Å². The van der Waals surface area contributed by atoms with E-state index in [9.17, 15) is 0 Å². The molecule has 2 atom stereocenters. The van der Waals surface area contributed by atoms with Crippen LogP contribution in [0.3, 0.4) is 0 Å². The van der Waals surface area contributed by atoms with Gasteiger partial charge in [0.15, 0.2) is 11.6 Å². The minimum Gasteiger partial charge on any atom is -0.351 e. The molecule has 2 aromatic heterocycles. The highest BCUT2D eigenvalue weighted by atomic mass is 127. The Labute approximate surface area is 171 Å². The molecule has 6 nitrogen and oxygen atoms in total. The van der Waals surface area contributed by atoms with E-state index in [4.69, 9.17) is 4.99 Å². The van der Waals surface area contributed by atoms with Crippen molar-refractivity contribution < 1.29 is 0 Å². The lowest BCUT2D eigenvalue weighted by Gasteiger charge is -2.34. The second-order valence-electron chi connectivity index (χ2n) is 7.65. The Morgan fingerprint density at radius 3 is 2.73 bits per heavy atom. The van der Waals surface area contributed by atoms with E-state index >= 15 is 0 Å². The van der Waals surface area contributed by atoms with Crippen LogP contribution in [-0.4, -0.2) is 50.6 Å². The molecule has 26 heavy (non-hydrogen) atoms. The smallest absolute Gasteiger partial charge is 0.194 e. The van der Waals surface area contributed by atoms with E-state index in [0.29, 0.717) is 18.1 Å². The van der Waals surface area contributed by atoms with E-state index in [0.717, 1.165) is 48.9 Å². The molecule has 0 aromatic carbocycles. The number of nitrogens with zero attached hydrogens (tertiary/aromatic N) is 5. The SMILES string of the molecule is Cc1nc2cccnc2n1C1CCN(C2=N[C@@H]3CCCC[C@H]3N2)CC1.I. The predicted octanol–water partition coefficient (Wildman–Crippen LogP) is 3.27. The summed E-state index contributed by atoms with van der Waals surface area (Å²) in [5.41, 5.74) is 2.04. The van der Waals surface area contributed by atoms with Crippen LogP contribution in [0, 0.1) is 6.92 Å². The summed E-state index contributed by atoms with van der Waals surface area (Å²) >= 11 is 0. The van der Waals surface area contributed by atoms with Crippen LogP contribution < -0.4 is 5.32 Å². The number of piperidine rings is 1. The zero-order chi connectivity index (χ0) is 16.8. The van der Waals surface area contributed by atoms with Crippen molar-refractivity contribution in [2.45, 2.75) is 63.6 Å². The first-order valence-corrected chi connectivity index (χ1v) is 9.68. The molecule has 4 heterocycles. The van der Waals surface area contributed by atoms with E-state index in [1.165, 1.54) is 25.7 Å². The molecule has 2 aliphatic heterocycles. The summed E-state index contributed by atoms with van der Waals surface area (Å²) in [7, 11) is 0. The highest BCUT2D eigenvalue weighted by molar-refractivity contribution is 14.0. The lowest BCUT2D eigenvalue weighted by atomic mass is 9.92. The summed E-state index contributed by atoms with van der Waals surface area (Å²) in [5, 5.41) is 3.70. The first-order valence-electron chi connectivity index (χ1n) is 9.68. The van der Waals surface area contributed by atoms with Crippen LogP contribution >= 0.6 is 24.0 Å². The molecule has 0 spiro atoms. The second-order valence-corrected chi connectivity index (χ2v) is 7.65. The number of aryl methyl sites for hydroxylation is 1. The number of rotatable bonds is 1. The Hall–Kier alpha value is -1.38. The number of imidazole rings is 1. The van der Waals surface area contributed by atoms with Gasteiger partial charge in [0.25, 0.3) is 0 Å². The molecule has 1 saturated carbocycles. The number of halogens is 1. The number of likely N-dealkylation sites (tertiary alicyclic amines) is 1. The summed E-state index contributed by atoms with van der Waals surface area (Å²) in [4.78, 5) is 16.7. The zero-order valence-electron chi connectivity index (χ0n) is 15.3. The molecule has 3 aliphatic rings. The number of guanidine groups is 1. The zero-order valence-corrected chi connectivity index (χ0v) is 17.6. The number of hydrogen-bond donors (Lipinski definition) is 1. The molecular formula is C19H27IN6. The van der Waals surface area contributed by atoms with Crippen LogP contribution in [0.4, 0.5) is 0 Å². The Bertz CT molecular complexity index is 807. The van der Waals surface area contributed by atoms with E-state index < -0.39 is 0 Å². The average Bonchev–Trinajstić information content (AvgIpc) is 3.22. The van der Waals surface area contributed by atoms with Crippen molar-refractivity contribution in [1.29, 1.82) is 0 Å². The van der Waals surface area contributed by atoms with Gasteiger partial charge < -0.3 is 14.8 Å². The maximum Gasteiger partial charge on any atom is 0.194 e. The monoisotopic (exact) mass is 466 g/mol. The van der Waals surface area contributed by atoms with Gasteiger partial charge in [-0.2, -0.15) is 0 Å². The molecule has 1 N–H and O–H groups in total. The van der Waals surface area contributed by atoms with Crippen molar-refractivity contribution in [3.63, 3.8) is 0 Å². The van der Waals surface area contributed by atoms with Crippen LogP contribution in [0.5, 0.6) is 0 Å². The Morgan fingerprint density at radius 2 is 1.92 bits per heavy atom. The maximum atomic E-state index is 4.99. The van der Waals surface area contributed by atoms with Gasteiger partial charge in [0, 0.05) is 25.3 Å². The topological polar surface area (TPSA) is 58.3 Å². The van der Waals surface area contributed by atoms with Gasteiger partial charge in [-0.05, 0) is 44.7 Å². The summed E-state index contributed by atoms with van der Waals surface area (Å²) in [6.07, 6.45) is 9.33. The molecule has 140 valence electrons. The molecule has 0 amide bonds. The summed E-state index contributed by atoms with van der Waals surface area (Å²) < 4.78 is 2.34. The number of fused-ring (bicyclic) bond motifs is 2. The second kappa shape index (κ2) is 7.32. The van der Waals surface area contributed by atoms with Crippen LogP contribution in [0.15, 0.2) is 23.3 Å². The van der Waals surface area contributed by atoms with Crippen LogP contribution in [-0.2, 0) is 0 Å². The molecule has 1 saturated heterocycles. The third-order valence-electron chi connectivity index (χ3n) is 6.09. The van der Waals surface area contributed by atoms with Crippen molar-refractivity contribution in [2.24, 2.45) is 4.99 Å². The Morgan fingerprint density at radius 1 is 1.12 bits per heavy atom. The van der Waals surface area contributed by atoms with Crippen molar-refractivity contribution in [3.05, 3.63) is 24.2 Å². The normalized spacial score (nSPS) is 26.2. The molecule has 5 rings (SSSR count). The third-order valence-corrected chi connectivity index (χ3v) is 6.09. The van der Waals surface area contributed by atoms with Gasteiger partial charge in [0.1, 0.15) is 11.3 Å². The summed E-state index contributed by atoms with van der Waals surface area (Å²) in [6.45, 7) is 4.21. The molecule has 0 bridgehead atoms. The predicted molar refractivity (Wildman–Crippen MR) is 114 cm³/mol. The van der Waals surface area contributed by atoms with Crippen LogP contribution in [0.2, 0.25) is 0 Å². The van der Waals surface area contributed by atoms with Crippen molar-refractivity contribution in [2.75, 3.05) is 13.1 Å². The molecular weight excluding hydrogens is 439 g/mol. The molecule has 7 heteroatoms. The molecule has 2 aromatic rings. The lowest BCUT2D eigenvalue weighted by molar-refractivity contribution is 0.261. The quantitative estimate of drug-likeness (QED) is 0.656. The average molecular weight is 466 g/mol. The summed E-state index contributed by atoms with van der Waals surface area (Å²) in [6, 6.07) is 5.61. The number of hydrogen-bond acceptors (Lipinski definition) is 5. The van der Waals surface area contributed by atoms with Gasteiger partial charge in [0.05, 0.1) is 12.1 Å². The summed E-state index contributed by atoms with van der Waals surface area (Å²) in [5.74, 6) is 2.23. The molecule has 0 radical (unpaired) electrons. The van der Waals surface area contributed by atoms with Gasteiger partial charge in [-0.3, -0.25) is 0 Å². The van der Waals surface area contributed by atoms with Crippen molar-refractivity contribution in [3.8, 4) is 0 Å². The fourth-order valence-corrected chi connectivity index (χ4v) is 4.78. The number of aromatic nitrogens is 3. The van der Waals surface area contributed by atoms with Gasteiger partial charge in [-0.25, -0.2) is 15.0 Å². The first-order chi connectivity index (χ1) is 12.3. The van der Waals surface area contributed by atoms with Crippen molar-refractivity contribution in [1.82, 2.24) is 24.8 Å². The molecule has 1 aliphatic carbocycles. The van der Waals surface area contributed by atoms with E-state index in [-0.39, 0.29) is 24.0 Å². The highest BCUT2D eigenvalue weighted by Gasteiger charge is 2.34. The fourth-order valence-electron chi connectivity index (χ4n) is 4.78. The lowest BCUT2D eigenvalue weighted by Crippen LogP contribution is -2.47. The number of pyridine rings is 1. The fraction of sp³-hybridized carbons (Fsp3) is 0.632. The highest BCUT2D eigenvalue weighted by Crippen LogP contribution is 2.30. The molecule has 2 fully saturated rings. The van der Waals surface area contributed by atoms with Crippen LogP contribution in [0.25, 0.3) is 11.2 Å². The standard InChI is InChI=1S/C19H26N6.HI/c1-13-21-17-7-4-10-20-18(17)25(13)14-8-11-24(12-9-14)19-22-15-5-2-3-6-16(15)23-19;/h4,7,10,14-16H,2-3,5-6,8-9,11-12H2,1H3,(H,22,23);1H/t15-,16-;/m1./s1. The number of nitrogens with one attached hydrogen (secondary N) is 1.